The standard InChI is InChI=1S/C12H16F2N2O2/c1-18-7-6-16-12(17)4-5-15-9-2-3-10(13)11(14)8-9/h2-3,8,15H,4-7H2,1H3,(H,16,17). The van der Waals surface area contributed by atoms with Gasteiger partial charge in [-0.3, -0.25) is 4.79 Å². The lowest BCUT2D eigenvalue weighted by molar-refractivity contribution is -0.121. The molecule has 4 nitrogen and oxygen atoms in total. The van der Waals surface area contributed by atoms with Crippen LogP contribution in [-0.4, -0.2) is 32.7 Å². The summed E-state index contributed by atoms with van der Waals surface area (Å²) >= 11 is 0. The molecule has 0 aliphatic heterocycles. The van der Waals surface area contributed by atoms with E-state index in [0.29, 0.717) is 25.4 Å². The monoisotopic (exact) mass is 258 g/mol. The quantitative estimate of drug-likeness (QED) is 0.729. The Morgan fingerprint density at radius 2 is 2.06 bits per heavy atom. The van der Waals surface area contributed by atoms with Crippen LogP contribution < -0.4 is 10.6 Å². The van der Waals surface area contributed by atoms with Gasteiger partial charge in [0.25, 0.3) is 0 Å². The van der Waals surface area contributed by atoms with Gasteiger partial charge in [0.1, 0.15) is 0 Å². The van der Waals surface area contributed by atoms with E-state index in [1.54, 1.807) is 7.11 Å². The van der Waals surface area contributed by atoms with E-state index in [1.165, 1.54) is 6.07 Å². The molecule has 2 N–H and O–H groups in total. The molecule has 0 aliphatic rings. The van der Waals surface area contributed by atoms with Crippen LogP contribution in [0.25, 0.3) is 0 Å². The highest BCUT2D eigenvalue weighted by Crippen LogP contribution is 2.12. The van der Waals surface area contributed by atoms with Gasteiger partial charge in [-0.25, -0.2) is 8.78 Å². The molecule has 0 unspecified atom stereocenters. The molecule has 0 atom stereocenters. The second-order valence-electron chi connectivity index (χ2n) is 3.65. The van der Waals surface area contributed by atoms with E-state index < -0.39 is 11.6 Å². The summed E-state index contributed by atoms with van der Waals surface area (Å²) < 4.78 is 30.3. The number of benzene rings is 1. The molecule has 0 saturated heterocycles. The molecule has 0 bridgehead atoms. The topological polar surface area (TPSA) is 50.4 Å². The molecular weight excluding hydrogens is 242 g/mol. The zero-order valence-electron chi connectivity index (χ0n) is 10.1. The average molecular weight is 258 g/mol. The van der Waals surface area contributed by atoms with E-state index >= 15 is 0 Å². The summed E-state index contributed by atoms with van der Waals surface area (Å²) in [6.07, 6.45) is 0.253. The minimum absolute atomic E-state index is 0.123. The van der Waals surface area contributed by atoms with Crippen molar-refractivity contribution in [3.05, 3.63) is 29.8 Å². The molecule has 1 rings (SSSR count). The van der Waals surface area contributed by atoms with Crippen molar-refractivity contribution in [3.8, 4) is 0 Å². The third kappa shape index (κ3) is 5.09. The Bertz CT molecular complexity index is 400. The molecule has 18 heavy (non-hydrogen) atoms. The van der Waals surface area contributed by atoms with E-state index in [1.807, 2.05) is 0 Å². The molecule has 1 aromatic rings. The molecule has 100 valence electrons. The highest BCUT2D eigenvalue weighted by molar-refractivity contribution is 5.76. The van der Waals surface area contributed by atoms with Gasteiger partial charge >= 0.3 is 0 Å². The molecule has 0 spiro atoms. The third-order valence-electron chi connectivity index (χ3n) is 2.23. The van der Waals surface area contributed by atoms with Gasteiger partial charge in [0.15, 0.2) is 11.6 Å². The number of methoxy groups -OCH3 is 1. The van der Waals surface area contributed by atoms with Crippen LogP contribution in [0, 0.1) is 11.6 Å². The van der Waals surface area contributed by atoms with Gasteiger partial charge in [-0.2, -0.15) is 0 Å². The lowest BCUT2D eigenvalue weighted by Crippen LogP contribution is -2.28. The fourth-order valence-corrected chi connectivity index (χ4v) is 1.31. The van der Waals surface area contributed by atoms with Gasteiger partial charge in [0, 0.05) is 32.3 Å². The van der Waals surface area contributed by atoms with Gasteiger partial charge in [-0.1, -0.05) is 0 Å². The van der Waals surface area contributed by atoms with Crippen molar-refractivity contribution in [1.82, 2.24) is 5.32 Å². The number of nitrogens with one attached hydrogen (secondary N) is 2. The van der Waals surface area contributed by atoms with Gasteiger partial charge < -0.3 is 15.4 Å². The first-order valence-electron chi connectivity index (χ1n) is 5.58. The summed E-state index contributed by atoms with van der Waals surface area (Å²) in [4.78, 5) is 11.3. The summed E-state index contributed by atoms with van der Waals surface area (Å²) in [5, 5.41) is 5.49. The van der Waals surface area contributed by atoms with Crippen molar-refractivity contribution in [1.29, 1.82) is 0 Å². The first-order valence-corrected chi connectivity index (χ1v) is 5.58. The SMILES string of the molecule is COCCNC(=O)CCNc1ccc(F)c(F)c1. The summed E-state index contributed by atoms with van der Waals surface area (Å²) in [5.41, 5.74) is 0.443. The maximum absolute atomic E-state index is 12.9. The Morgan fingerprint density at radius 3 is 2.72 bits per heavy atom. The van der Waals surface area contributed by atoms with Gasteiger partial charge in [0.05, 0.1) is 6.61 Å². The van der Waals surface area contributed by atoms with Crippen molar-refractivity contribution in [2.24, 2.45) is 0 Å². The number of halogens is 2. The number of hydrogen-bond donors (Lipinski definition) is 2. The first kappa shape index (κ1) is 14.4. The molecule has 0 aromatic heterocycles. The van der Waals surface area contributed by atoms with Crippen LogP contribution in [0.3, 0.4) is 0 Å². The Kier molecular flexibility index (Phi) is 6.07. The average Bonchev–Trinajstić information content (AvgIpc) is 2.34. The van der Waals surface area contributed by atoms with Crippen molar-refractivity contribution >= 4 is 11.6 Å². The molecular formula is C12H16F2N2O2. The Labute approximate surface area is 104 Å². The third-order valence-corrected chi connectivity index (χ3v) is 2.23. The van der Waals surface area contributed by atoms with Gasteiger partial charge in [-0.15, -0.1) is 0 Å². The van der Waals surface area contributed by atoms with Crippen LogP contribution in [0.4, 0.5) is 14.5 Å². The van der Waals surface area contributed by atoms with E-state index in [0.717, 1.165) is 12.1 Å². The van der Waals surface area contributed by atoms with Crippen LogP contribution in [0.2, 0.25) is 0 Å². The predicted octanol–water partition coefficient (Wildman–Crippen LogP) is 1.53. The largest absolute Gasteiger partial charge is 0.384 e. The smallest absolute Gasteiger partial charge is 0.221 e. The summed E-state index contributed by atoms with van der Waals surface area (Å²) in [7, 11) is 1.55. The minimum atomic E-state index is -0.912. The summed E-state index contributed by atoms with van der Waals surface area (Å²) in [6, 6.07) is 3.51. The number of rotatable bonds is 7. The van der Waals surface area contributed by atoms with E-state index in [-0.39, 0.29) is 12.3 Å². The number of carbonyl (C=O) groups excluding carboxylic acids is 1. The fourth-order valence-electron chi connectivity index (χ4n) is 1.31. The molecule has 0 fully saturated rings. The molecule has 0 saturated carbocycles. The number of carbonyl (C=O) groups is 1. The second kappa shape index (κ2) is 7.60. The minimum Gasteiger partial charge on any atom is -0.384 e. The van der Waals surface area contributed by atoms with Crippen LogP contribution >= 0.6 is 0 Å². The van der Waals surface area contributed by atoms with Crippen LogP contribution in [0.1, 0.15) is 6.42 Å². The molecule has 1 amide bonds. The van der Waals surface area contributed by atoms with Crippen molar-refractivity contribution in [3.63, 3.8) is 0 Å². The van der Waals surface area contributed by atoms with Crippen molar-refractivity contribution in [2.75, 3.05) is 32.1 Å². The number of ether oxygens (including phenoxy) is 1. The first-order chi connectivity index (χ1) is 8.63. The number of amides is 1. The molecule has 0 heterocycles. The Morgan fingerprint density at radius 1 is 1.28 bits per heavy atom. The summed E-state index contributed by atoms with van der Waals surface area (Å²) in [6.45, 7) is 1.27. The van der Waals surface area contributed by atoms with Crippen molar-refractivity contribution in [2.45, 2.75) is 6.42 Å². The number of anilines is 1. The number of hydrogen-bond acceptors (Lipinski definition) is 3. The lowest BCUT2D eigenvalue weighted by atomic mass is 10.3. The molecule has 6 heteroatoms. The highest BCUT2D eigenvalue weighted by Gasteiger charge is 2.03. The zero-order valence-corrected chi connectivity index (χ0v) is 10.1. The van der Waals surface area contributed by atoms with Crippen LogP contribution in [-0.2, 0) is 9.53 Å². The maximum atomic E-state index is 12.9. The zero-order chi connectivity index (χ0) is 13.4. The maximum Gasteiger partial charge on any atom is 0.221 e. The molecule has 1 aromatic carbocycles. The normalized spacial score (nSPS) is 10.2. The van der Waals surface area contributed by atoms with Gasteiger partial charge in [-0.05, 0) is 18.2 Å². The van der Waals surface area contributed by atoms with E-state index in [4.69, 9.17) is 4.74 Å². The lowest BCUT2D eigenvalue weighted by Gasteiger charge is -2.07. The molecule has 0 aliphatic carbocycles. The Hall–Kier alpha value is -1.69. The van der Waals surface area contributed by atoms with Gasteiger partial charge in [0.2, 0.25) is 5.91 Å². The van der Waals surface area contributed by atoms with Crippen molar-refractivity contribution < 1.29 is 18.3 Å². The highest BCUT2D eigenvalue weighted by atomic mass is 19.2. The van der Waals surface area contributed by atoms with Crippen LogP contribution in [0.5, 0.6) is 0 Å². The fraction of sp³-hybridized carbons (Fsp3) is 0.417. The van der Waals surface area contributed by atoms with Crippen LogP contribution in [0.15, 0.2) is 18.2 Å². The van der Waals surface area contributed by atoms with E-state index in [9.17, 15) is 13.6 Å². The summed E-state index contributed by atoms with van der Waals surface area (Å²) in [5.74, 6) is -1.93. The second-order valence-corrected chi connectivity index (χ2v) is 3.65. The van der Waals surface area contributed by atoms with E-state index in [2.05, 4.69) is 10.6 Å². The Balaban J connectivity index is 2.24. The molecule has 0 radical (unpaired) electrons. The predicted molar refractivity (Wildman–Crippen MR) is 64.4 cm³/mol.